The highest BCUT2D eigenvalue weighted by Crippen LogP contribution is 2.40. The summed E-state index contributed by atoms with van der Waals surface area (Å²) in [6.45, 7) is 0. The first-order chi connectivity index (χ1) is 37.2. The van der Waals surface area contributed by atoms with Crippen molar-refractivity contribution in [2.75, 3.05) is 0 Å². The van der Waals surface area contributed by atoms with Crippen molar-refractivity contribution in [2.24, 2.45) is 0 Å². The molecule has 0 spiro atoms. The van der Waals surface area contributed by atoms with Crippen molar-refractivity contribution in [1.82, 2.24) is 38.4 Å². The van der Waals surface area contributed by atoms with Crippen LogP contribution in [0.3, 0.4) is 0 Å². The van der Waals surface area contributed by atoms with Gasteiger partial charge in [0.15, 0.2) is 34.9 Å². The van der Waals surface area contributed by atoms with Crippen LogP contribution >= 0.6 is 0 Å². The van der Waals surface area contributed by atoms with E-state index in [1.807, 2.05) is 72.8 Å². The zero-order chi connectivity index (χ0) is 49.7. The van der Waals surface area contributed by atoms with Gasteiger partial charge in [-0.25, -0.2) is 29.9 Å². The Morgan fingerprint density at radius 3 is 0.853 bits per heavy atom. The molecule has 360 valence electrons. The van der Waals surface area contributed by atoms with Crippen LogP contribution in [0.4, 0.5) is 0 Å². The lowest BCUT2D eigenvalue weighted by Crippen LogP contribution is -2.70. The van der Waals surface area contributed by atoms with Crippen molar-refractivity contribution in [3.05, 3.63) is 241 Å². The van der Waals surface area contributed by atoms with Crippen molar-refractivity contribution in [3.63, 3.8) is 0 Å². The minimum Gasteiger partial charge on any atom is -0.346 e. The van der Waals surface area contributed by atoms with Gasteiger partial charge >= 0.3 is 8.40 Å². The fourth-order valence-electron chi connectivity index (χ4n) is 12.1. The van der Waals surface area contributed by atoms with Gasteiger partial charge in [0.2, 0.25) is 0 Å². The smallest absolute Gasteiger partial charge is 0.339 e. The molecule has 8 nitrogen and oxygen atoms in total. The van der Waals surface area contributed by atoms with Gasteiger partial charge in [-0.05, 0) is 85.0 Å². The molecular weight excluding hydrogens is 933 g/mol. The van der Waals surface area contributed by atoms with E-state index in [0.29, 0.717) is 34.9 Å². The minimum atomic E-state index is -3.46. The number of hydrogen-bond donors (Lipinski definition) is 0. The maximum Gasteiger partial charge on any atom is 0.339 e. The molecule has 2 aliphatic carbocycles. The van der Waals surface area contributed by atoms with Gasteiger partial charge in [0, 0.05) is 66.6 Å². The molecule has 0 fully saturated rings. The van der Waals surface area contributed by atoms with Gasteiger partial charge in [-0.15, -0.1) is 0 Å². The standard InChI is InChI=1S/C66H52N8Si/c1-5-21-45(22-6-1)61-67-62(46-23-7-2-8-24-46)70-65(69-61)49-37-41-51(42-38-49)75(73-57-33-17-13-29-53(57)54-30-14-18-34-58(54)73,74-59-35-19-15-31-55(59)56-32-16-20-36-60(56)74)52-43-39-50(40-44-52)66-71-63(47-25-9-3-10-26-47)68-64(72-66)48-27-11-4-12-28-48/h1-13,15,17,19,21-29,31,33,35,37-44H,14,16,18,20,30,32,34,36H2. The van der Waals surface area contributed by atoms with Gasteiger partial charge in [0.25, 0.3) is 0 Å². The molecule has 8 aromatic carbocycles. The Hall–Kier alpha value is -8.92. The second kappa shape index (κ2) is 18.8. The summed E-state index contributed by atoms with van der Waals surface area (Å²) in [5.74, 6) is 3.86. The Morgan fingerprint density at radius 1 is 0.267 bits per heavy atom. The van der Waals surface area contributed by atoms with Crippen molar-refractivity contribution >= 4 is 40.6 Å². The first kappa shape index (κ1) is 44.8. The number of aromatic nitrogens is 8. The molecule has 0 unspecified atom stereocenters. The predicted octanol–water partition coefficient (Wildman–Crippen LogP) is 13.4. The molecule has 14 rings (SSSR count). The molecule has 0 aliphatic heterocycles. The quantitative estimate of drug-likeness (QED) is 0.127. The summed E-state index contributed by atoms with van der Waals surface area (Å²) < 4.78 is 5.77. The summed E-state index contributed by atoms with van der Waals surface area (Å²) in [4.78, 5) is 30.9. The molecule has 9 heteroatoms. The van der Waals surface area contributed by atoms with Gasteiger partial charge in [-0.3, -0.25) is 0 Å². The number of para-hydroxylation sites is 2. The summed E-state index contributed by atoms with van der Waals surface area (Å²) >= 11 is 0. The third-order valence-electron chi connectivity index (χ3n) is 15.5. The van der Waals surface area contributed by atoms with E-state index in [2.05, 4.69) is 154 Å². The highest BCUT2D eigenvalue weighted by atomic mass is 28.3. The molecule has 0 saturated carbocycles. The summed E-state index contributed by atoms with van der Waals surface area (Å²) in [6.07, 6.45) is 8.83. The Morgan fingerprint density at radius 2 is 0.533 bits per heavy atom. The number of nitrogens with zero attached hydrogens (tertiary/aromatic N) is 8. The van der Waals surface area contributed by atoms with Crippen LogP contribution in [0, 0.1) is 0 Å². The highest BCUT2D eigenvalue weighted by molar-refractivity contribution is 7.01. The largest absolute Gasteiger partial charge is 0.346 e. The van der Waals surface area contributed by atoms with Crippen molar-refractivity contribution < 1.29 is 0 Å². The number of hydrogen-bond acceptors (Lipinski definition) is 6. The van der Waals surface area contributed by atoms with Gasteiger partial charge in [0.05, 0.1) is 0 Å². The maximum atomic E-state index is 5.20. The van der Waals surface area contributed by atoms with E-state index in [4.69, 9.17) is 29.9 Å². The van der Waals surface area contributed by atoms with Crippen molar-refractivity contribution in [2.45, 2.75) is 51.4 Å². The highest BCUT2D eigenvalue weighted by Gasteiger charge is 2.49. The third kappa shape index (κ3) is 7.73. The Balaban J connectivity index is 1.04. The number of rotatable bonds is 10. The van der Waals surface area contributed by atoms with Crippen LogP contribution in [0.5, 0.6) is 0 Å². The lowest BCUT2D eigenvalue weighted by molar-refractivity contribution is 0.662. The average molecular weight is 985 g/mol. The van der Waals surface area contributed by atoms with Gasteiger partial charge < -0.3 is 8.47 Å². The van der Waals surface area contributed by atoms with Gasteiger partial charge in [-0.2, -0.15) is 0 Å². The van der Waals surface area contributed by atoms with E-state index >= 15 is 0 Å². The monoisotopic (exact) mass is 984 g/mol. The Bertz CT molecular complexity index is 3660. The molecule has 0 N–H and O–H groups in total. The lowest BCUT2D eigenvalue weighted by Gasteiger charge is -2.40. The van der Waals surface area contributed by atoms with Crippen LogP contribution < -0.4 is 10.4 Å². The van der Waals surface area contributed by atoms with Crippen LogP contribution in [0.1, 0.15) is 48.2 Å². The topological polar surface area (TPSA) is 87.2 Å². The molecule has 75 heavy (non-hydrogen) atoms. The second-order valence-electron chi connectivity index (χ2n) is 19.9. The van der Waals surface area contributed by atoms with Crippen molar-refractivity contribution in [1.29, 1.82) is 0 Å². The van der Waals surface area contributed by atoms with Crippen LogP contribution in [-0.4, -0.2) is 46.8 Å². The molecule has 4 aromatic heterocycles. The lowest BCUT2D eigenvalue weighted by atomic mass is 9.96. The van der Waals surface area contributed by atoms with Crippen molar-refractivity contribution in [3.8, 4) is 68.3 Å². The van der Waals surface area contributed by atoms with Crippen LogP contribution in [0.25, 0.3) is 90.1 Å². The van der Waals surface area contributed by atoms with E-state index in [0.717, 1.165) is 71.9 Å². The molecule has 4 heterocycles. The maximum absolute atomic E-state index is 5.20. The SMILES string of the molecule is c1ccc(-c2nc(-c3ccccc3)nc(-c3ccc([Si](c4ccc(-c5nc(-c6ccccc6)nc(-c6ccccc6)n5)cc4)(n4c5c(c6ccccc64)CCCC5)n4c5c(c6ccccc64)CCCC5)cc3)n2)cc1. The zero-order valence-electron chi connectivity index (χ0n) is 41.5. The van der Waals surface area contributed by atoms with Crippen LogP contribution in [-0.2, 0) is 25.7 Å². The Kier molecular flexibility index (Phi) is 11.2. The van der Waals surface area contributed by atoms with E-state index in [-0.39, 0.29) is 0 Å². The fraction of sp³-hybridized carbons (Fsp3) is 0.121. The number of aryl methyl sites for hydroxylation is 2. The molecule has 0 radical (unpaired) electrons. The molecule has 12 aromatic rings. The zero-order valence-corrected chi connectivity index (χ0v) is 42.5. The molecular formula is C66H52N8Si. The third-order valence-corrected chi connectivity index (χ3v) is 20.1. The summed E-state index contributed by atoms with van der Waals surface area (Å²) in [5.41, 5.74) is 14.1. The molecule has 0 atom stereocenters. The number of fused-ring (bicyclic) bond motifs is 6. The minimum absolute atomic E-state index is 0.639. The molecule has 0 bridgehead atoms. The first-order valence-electron chi connectivity index (χ1n) is 26.4. The summed E-state index contributed by atoms with van der Waals surface area (Å²) in [5, 5.41) is 5.28. The van der Waals surface area contributed by atoms with Crippen LogP contribution in [0.15, 0.2) is 218 Å². The summed E-state index contributed by atoms with van der Waals surface area (Å²) in [7, 11) is -3.46. The Labute approximate surface area is 437 Å². The van der Waals surface area contributed by atoms with E-state index in [1.165, 1.54) is 67.5 Å². The first-order valence-corrected chi connectivity index (χ1v) is 28.3. The summed E-state index contributed by atoms with van der Waals surface area (Å²) in [6, 6.07) is 78.1. The van der Waals surface area contributed by atoms with E-state index in [9.17, 15) is 0 Å². The van der Waals surface area contributed by atoms with Gasteiger partial charge in [0.1, 0.15) is 0 Å². The fourth-order valence-corrected chi connectivity index (χ4v) is 17.3. The normalized spacial score (nSPS) is 13.4. The second-order valence-corrected chi connectivity index (χ2v) is 23.3. The van der Waals surface area contributed by atoms with Gasteiger partial charge in [-0.1, -0.05) is 206 Å². The molecule has 0 amide bonds. The predicted molar refractivity (Wildman–Crippen MR) is 305 cm³/mol. The average Bonchev–Trinajstić information content (AvgIpc) is 4.02. The van der Waals surface area contributed by atoms with E-state index in [1.54, 1.807) is 0 Å². The van der Waals surface area contributed by atoms with Crippen LogP contribution in [0.2, 0.25) is 0 Å². The van der Waals surface area contributed by atoms with E-state index < -0.39 is 8.40 Å². The molecule has 2 aliphatic rings. The molecule has 0 saturated heterocycles. The number of benzene rings is 8.